The molecule has 6 rings (SSSR count). The van der Waals surface area contributed by atoms with Crippen molar-refractivity contribution in [1.29, 1.82) is 0 Å². The summed E-state index contributed by atoms with van der Waals surface area (Å²) in [5.41, 5.74) is 1.94. The minimum absolute atomic E-state index is 0.142. The van der Waals surface area contributed by atoms with E-state index in [2.05, 4.69) is 34.8 Å². The number of halogens is 3. The molecule has 1 atom stereocenters. The van der Waals surface area contributed by atoms with Crippen LogP contribution in [0, 0.1) is 0 Å². The Balaban J connectivity index is 1.29. The lowest BCUT2D eigenvalue weighted by molar-refractivity contribution is -0.274. The Bertz CT molecular complexity index is 1370. The highest BCUT2D eigenvalue weighted by Crippen LogP contribution is 2.40. The number of alkyl halides is 3. The summed E-state index contributed by atoms with van der Waals surface area (Å²) in [6.45, 7) is 3.32. The molecule has 4 heterocycles. The third-order valence-electron chi connectivity index (χ3n) is 6.45. The SMILES string of the molecule is CCn1c(-c2ccc(OC(F)(F)F)cc2)nc2c(N[C@@H]3CCc4nnc(C5CC5)n4C3)ncnc21. The van der Waals surface area contributed by atoms with Gasteiger partial charge in [-0.05, 0) is 50.5 Å². The van der Waals surface area contributed by atoms with Gasteiger partial charge in [0, 0.05) is 37.0 Å². The number of ether oxygens (including phenoxy) is 1. The number of aromatic nitrogens is 7. The van der Waals surface area contributed by atoms with Crippen molar-refractivity contribution in [2.75, 3.05) is 5.32 Å². The Morgan fingerprint density at radius 3 is 2.60 bits per heavy atom. The van der Waals surface area contributed by atoms with Crippen molar-refractivity contribution in [3.05, 3.63) is 42.2 Å². The molecule has 1 fully saturated rings. The first-order valence-corrected chi connectivity index (χ1v) is 11.7. The fraction of sp³-hybridized carbons (Fsp3) is 0.435. The van der Waals surface area contributed by atoms with Crippen molar-refractivity contribution in [3.63, 3.8) is 0 Å². The summed E-state index contributed by atoms with van der Waals surface area (Å²) in [7, 11) is 0. The van der Waals surface area contributed by atoms with Crippen molar-refractivity contribution in [2.24, 2.45) is 0 Å². The van der Waals surface area contributed by atoms with Gasteiger partial charge in [0.15, 0.2) is 17.0 Å². The zero-order valence-electron chi connectivity index (χ0n) is 19.0. The van der Waals surface area contributed by atoms with E-state index < -0.39 is 6.36 Å². The first-order valence-electron chi connectivity index (χ1n) is 11.7. The van der Waals surface area contributed by atoms with Crippen LogP contribution >= 0.6 is 0 Å². The molecule has 1 aromatic carbocycles. The van der Waals surface area contributed by atoms with E-state index in [9.17, 15) is 13.2 Å². The van der Waals surface area contributed by atoms with E-state index in [0.29, 0.717) is 40.8 Å². The third kappa shape index (κ3) is 4.17. The van der Waals surface area contributed by atoms with Crippen LogP contribution in [0.4, 0.5) is 19.0 Å². The maximum atomic E-state index is 12.5. The molecule has 0 unspecified atom stereocenters. The van der Waals surface area contributed by atoms with Crippen LogP contribution in [0.3, 0.4) is 0 Å². The molecule has 12 heteroatoms. The topological polar surface area (TPSA) is 95.6 Å². The van der Waals surface area contributed by atoms with Crippen LogP contribution in [0.5, 0.6) is 5.75 Å². The lowest BCUT2D eigenvalue weighted by Gasteiger charge is -2.25. The highest BCUT2D eigenvalue weighted by molar-refractivity contribution is 5.86. The number of imidazole rings is 1. The highest BCUT2D eigenvalue weighted by Gasteiger charge is 2.33. The minimum Gasteiger partial charge on any atom is -0.406 e. The van der Waals surface area contributed by atoms with Gasteiger partial charge in [-0.2, -0.15) is 0 Å². The molecule has 0 radical (unpaired) electrons. The second kappa shape index (κ2) is 8.21. The first-order chi connectivity index (χ1) is 16.9. The van der Waals surface area contributed by atoms with Gasteiger partial charge in [0.05, 0.1) is 0 Å². The molecule has 0 saturated heterocycles. The molecule has 0 bridgehead atoms. The normalized spacial score (nSPS) is 18.0. The van der Waals surface area contributed by atoms with Crippen LogP contribution in [0.15, 0.2) is 30.6 Å². The molecule has 1 aliphatic heterocycles. The van der Waals surface area contributed by atoms with E-state index in [-0.39, 0.29) is 11.8 Å². The summed E-state index contributed by atoms with van der Waals surface area (Å²) in [6, 6.07) is 5.82. The van der Waals surface area contributed by atoms with Crippen LogP contribution < -0.4 is 10.1 Å². The number of anilines is 1. The summed E-state index contributed by atoms with van der Waals surface area (Å²) in [4.78, 5) is 13.7. The molecule has 1 saturated carbocycles. The van der Waals surface area contributed by atoms with Crippen molar-refractivity contribution in [1.82, 2.24) is 34.3 Å². The van der Waals surface area contributed by atoms with E-state index in [1.54, 1.807) is 12.1 Å². The smallest absolute Gasteiger partial charge is 0.406 e. The summed E-state index contributed by atoms with van der Waals surface area (Å²) in [5.74, 6) is 3.60. The van der Waals surface area contributed by atoms with Gasteiger partial charge in [-0.15, -0.1) is 23.4 Å². The van der Waals surface area contributed by atoms with E-state index in [4.69, 9.17) is 4.98 Å². The second-order valence-electron chi connectivity index (χ2n) is 8.89. The van der Waals surface area contributed by atoms with E-state index in [1.807, 2.05) is 11.5 Å². The van der Waals surface area contributed by atoms with Gasteiger partial charge in [0.2, 0.25) is 0 Å². The summed E-state index contributed by atoms with van der Waals surface area (Å²) in [5, 5.41) is 12.3. The Labute approximate surface area is 198 Å². The van der Waals surface area contributed by atoms with Gasteiger partial charge in [-0.25, -0.2) is 15.0 Å². The zero-order chi connectivity index (χ0) is 24.2. The number of nitrogens with one attached hydrogen (secondary N) is 1. The van der Waals surface area contributed by atoms with Crippen LogP contribution in [-0.2, 0) is 19.5 Å². The van der Waals surface area contributed by atoms with Crippen LogP contribution in [0.2, 0.25) is 0 Å². The predicted molar refractivity (Wildman–Crippen MR) is 121 cm³/mol. The monoisotopic (exact) mass is 484 g/mol. The molecule has 9 nitrogen and oxygen atoms in total. The number of fused-ring (bicyclic) bond motifs is 2. The van der Waals surface area contributed by atoms with Crippen molar-refractivity contribution in [2.45, 2.75) is 64.0 Å². The molecule has 3 aromatic heterocycles. The lowest BCUT2D eigenvalue weighted by atomic mass is 10.1. The average molecular weight is 484 g/mol. The number of benzene rings is 1. The van der Waals surface area contributed by atoms with Gasteiger partial charge in [-0.1, -0.05) is 0 Å². The van der Waals surface area contributed by atoms with E-state index in [1.165, 1.54) is 31.3 Å². The minimum atomic E-state index is -4.74. The molecule has 4 aromatic rings. The van der Waals surface area contributed by atoms with Crippen molar-refractivity contribution >= 4 is 17.0 Å². The maximum Gasteiger partial charge on any atom is 0.573 e. The molecule has 35 heavy (non-hydrogen) atoms. The van der Waals surface area contributed by atoms with Crippen molar-refractivity contribution in [3.8, 4) is 17.1 Å². The summed E-state index contributed by atoms with van der Waals surface area (Å²) >= 11 is 0. The fourth-order valence-electron chi connectivity index (χ4n) is 4.67. The van der Waals surface area contributed by atoms with Gasteiger partial charge < -0.3 is 19.2 Å². The van der Waals surface area contributed by atoms with E-state index in [0.717, 1.165) is 31.0 Å². The number of hydrogen-bond acceptors (Lipinski definition) is 7. The van der Waals surface area contributed by atoms with Gasteiger partial charge in [0.1, 0.15) is 29.6 Å². The van der Waals surface area contributed by atoms with Crippen LogP contribution in [0.25, 0.3) is 22.6 Å². The quantitative estimate of drug-likeness (QED) is 0.436. The summed E-state index contributed by atoms with van der Waals surface area (Å²) < 4.78 is 45.7. The molecule has 182 valence electrons. The fourth-order valence-corrected chi connectivity index (χ4v) is 4.67. The van der Waals surface area contributed by atoms with Crippen LogP contribution in [-0.4, -0.2) is 46.7 Å². The Morgan fingerprint density at radius 1 is 1.09 bits per heavy atom. The molecule has 1 aliphatic carbocycles. The van der Waals surface area contributed by atoms with E-state index >= 15 is 0 Å². The standard InChI is InChI=1S/C23H23F3N8O/c1-2-33-20(13-5-8-16(9-6-13)35-23(24,25)26)30-18-19(27-12-28-22(18)33)29-15-7-10-17-31-32-21(14-3-4-14)34(17)11-15/h5-6,8-9,12,14-15H,2-4,7,10-11H2,1H3,(H,27,28,29)/t15-/m1/s1. The second-order valence-corrected chi connectivity index (χ2v) is 8.89. The molecule has 2 aliphatic rings. The molecule has 0 amide bonds. The number of aryl methyl sites for hydroxylation is 2. The average Bonchev–Trinajstić information content (AvgIpc) is 3.47. The van der Waals surface area contributed by atoms with Crippen molar-refractivity contribution < 1.29 is 17.9 Å². The Hall–Kier alpha value is -3.70. The van der Waals surface area contributed by atoms with Crippen LogP contribution in [0.1, 0.15) is 43.8 Å². The Kier molecular flexibility index (Phi) is 5.11. The third-order valence-corrected chi connectivity index (χ3v) is 6.45. The van der Waals surface area contributed by atoms with Gasteiger partial charge in [-0.3, -0.25) is 0 Å². The molecule has 0 spiro atoms. The zero-order valence-corrected chi connectivity index (χ0v) is 19.0. The predicted octanol–water partition coefficient (Wildman–Crippen LogP) is 4.31. The lowest BCUT2D eigenvalue weighted by Crippen LogP contribution is -2.32. The van der Waals surface area contributed by atoms with Gasteiger partial charge in [0.25, 0.3) is 0 Å². The highest BCUT2D eigenvalue weighted by atomic mass is 19.4. The Morgan fingerprint density at radius 2 is 1.89 bits per heavy atom. The molecular weight excluding hydrogens is 461 g/mol. The maximum absolute atomic E-state index is 12.5. The molecule has 1 N–H and O–H groups in total. The summed E-state index contributed by atoms with van der Waals surface area (Å²) in [6.07, 6.45) is 0.848. The molecular formula is C23H23F3N8O. The number of rotatable bonds is 6. The largest absolute Gasteiger partial charge is 0.573 e. The number of nitrogens with zero attached hydrogens (tertiary/aromatic N) is 7. The van der Waals surface area contributed by atoms with Gasteiger partial charge >= 0.3 is 6.36 Å². The first kappa shape index (κ1) is 21.8. The number of hydrogen-bond donors (Lipinski definition) is 1.